The molecule has 0 N–H and O–H groups in total. The summed E-state index contributed by atoms with van der Waals surface area (Å²) in [7, 11) is 0. The van der Waals surface area contributed by atoms with Crippen molar-refractivity contribution in [1.82, 2.24) is 0 Å². The van der Waals surface area contributed by atoms with Crippen molar-refractivity contribution < 1.29 is 4.74 Å². The van der Waals surface area contributed by atoms with Crippen LogP contribution in [0.1, 0.15) is 0 Å². The van der Waals surface area contributed by atoms with Crippen molar-refractivity contribution in [3.8, 4) is 5.75 Å². The number of alkyl halides is 1. The van der Waals surface area contributed by atoms with E-state index in [1.54, 1.807) is 0 Å². The fourth-order valence-electron chi connectivity index (χ4n) is 2.33. The summed E-state index contributed by atoms with van der Waals surface area (Å²) in [5, 5.41) is 5.49. The van der Waals surface area contributed by atoms with Gasteiger partial charge in [0.2, 0.25) is 0 Å². The molecule has 0 aliphatic heterocycles. The standard InChI is InChI=1S/C16H11Cl3O/c17-5-6-20-16-14-3-1-12(18)8-10(14)7-11-9-13(19)2-4-15(11)16/h1-4,7-9H,5-6H2. The first-order valence-corrected chi connectivity index (χ1v) is 7.48. The van der Waals surface area contributed by atoms with Crippen molar-refractivity contribution in [2.45, 2.75) is 0 Å². The Hall–Kier alpha value is -1.15. The quantitative estimate of drug-likeness (QED) is 0.429. The third kappa shape index (κ3) is 2.54. The van der Waals surface area contributed by atoms with Crippen LogP contribution in [0.2, 0.25) is 10.0 Å². The summed E-state index contributed by atoms with van der Waals surface area (Å²) in [6, 6.07) is 13.6. The second-order valence-electron chi connectivity index (χ2n) is 4.47. The van der Waals surface area contributed by atoms with Gasteiger partial charge < -0.3 is 4.74 Å². The van der Waals surface area contributed by atoms with Crippen molar-refractivity contribution in [3.05, 3.63) is 52.5 Å². The summed E-state index contributed by atoms with van der Waals surface area (Å²) < 4.78 is 5.84. The molecule has 0 aromatic heterocycles. The molecule has 0 heterocycles. The molecular weight excluding hydrogens is 315 g/mol. The Labute approximate surface area is 132 Å². The molecule has 3 aromatic rings. The zero-order valence-electron chi connectivity index (χ0n) is 10.5. The first kappa shape index (κ1) is 13.8. The Morgan fingerprint density at radius 3 is 1.85 bits per heavy atom. The lowest BCUT2D eigenvalue weighted by molar-refractivity contribution is 0.351. The van der Waals surface area contributed by atoms with Crippen LogP contribution in [0.5, 0.6) is 5.75 Å². The van der Waals surface area contributed by atoms with E-state index in [-0.39, 0.29) is 0 Å². The van der Waals surface area contributed by atoms with Gasteiger partial charge in [-0.15, -0.1) is 11.6 Å². The van der Waals surface area contributed by atoms with Gasteiger partial charge in [0.15, 0.2) is 0 Å². The highest BCUT2D eigenvalue weighted by atomic mass is 35.5. The van der Waals surface area contributed by atoms with Gasteiger partial charge in [-0.05, 0) is 53.2 Å². The molecule has 0 aliphatic rings. The lowest BCUT2D eigenvalue weighted by Gasteiger charge is -2.13. The van der Waals surface area contributed by atoms with Crippen molar-refractivity contribution in [2.75, 3.05) is 12.5 Å². The molecule has 20 heavy (non-hydrogen) atoms. The predicted molar refractivity (Wildman–Crippen MR) is 87.7 cm³/mol. The fourth-order valence-corrected chi connectivity index (χ4v) is 2.77. The molecule has 0 saturated carbocycles. The first-order chi connectivity index (χ1) is 9.69. The van der Waals surface area contributed by atoms with E-state index in [1.165, 1.54) is 0 Å². The molecule has 0 atom stereocenters. The minimum absolute atomic E-state index is 0.444. The predicted octanol–water partition coefficient (Wildman–Crippen LogP) is 5.92. The van der Waals surface area contributed by atoms with E-state index in [0.717, 1.165) is 27.3 Å². The zero-order valence-corrected chi connectivity index (χ0v) is 12.8. The smallest absolute Gasteiger partial charge is 0.134 e. The highest BCUT2D eigenvalue weighted by Gasteiger charge is 2.10. The summed E-state index contributed by atoms with van der Waals surface area (Å²) in [5.41, 5.74) is 0. The number of ether oxygens (including phenoxy) is 1. The molecule has 102 valence electrons. The molecule has 0 radical (unpaired) electrons. The minimum Gasteiger partial charge on any atom is -0.491 e. The molecule has 0 spiro atoms. The van der Waals surface area contributed by atoms with Gasteiger partial charge in [-0.2, -0.15) is 0 Å². The molecule has 0 saturated heterocycles. The van der Waals surface area contributed by atoms with E-state index >= 15 is 0 Å². The van der Waals surface area contributed by atoms with Crippen LogP contribution in [0, 0.1) is 0 Å². The van der Waals surface area contributed by atoms with Crippen LogP contribution in [0.25, 0.3) is 21.5 Å². The lowest BCUT2D eigenvalue weighted by atomic mass is 10.0. The zero-order chi connectivity index (χ0) is 14.1. The van der Waals surface area contributed by atoms with Crippen LogP contribution in [0.3, 0.4) is 0 Å². The number of fused-ring (bicyclic) bond motifs is 2. The monoisotopic (exact) mass is 324 g/mol. The van der Waals surface area contributed by atoms with Gasteiger partial charge in [-0.25, -0.2) is 0 Å². The van der Waals surface area contributed by atoms with Crippen LogP contribution in [0.4, 0.5) is 0 Å². The number of halogens is 3. The Bertz CT molecular complexity index is 723. The van der Waals surface area contributed by atoms with E-state index in [0.29, 0.717) is 22.5 Å². The van der Waals surface area contributed by atoms with Crippen molar-refractivity contribution in [1.29, 1.82) is 0 Å². The van der Waals surface area contributed by atoms with Gasteiger partial charge in [-0.1, -0.05) is 23.2 Å². The summed E-state index contributed by atoms with van der Waals surface area (Å²) in [4.78, 5) is 0. The summed E-state index contributed by atoms with van der Waals surface area (Å²) in [6.45, 7) is 0.459. The molecule has 0 bridgehead atoms. The molecule has 0 fully saturated rings. The SMILES string of the molecule is ClCCOc1c2ccc(Cl)cc2cc2cc(Cl)ccc12. The molecule has 0 amide bonds. The average molecular weight is 326 g/mol. The maximum absolute atomic E-state index is 6.07. The molecular formula is C16H11Cl3O. The number of hydrogen-bond donors (Lipinski definition) is 0. The maximum Gasteiger partial charge on any atom is 0.134 e. The third-order valence-electron chi connectivity index (χ3n) is 3.15. The fraction of sp³-hybridized carbons (Fsp3) is 0.125. The number of rotatable bonds is 3. The van der Waals surface area contributed by atoms with E-state index < -0.39 is 0 Å². The molecule has 3 aromatic carbocycles. The summed E-state index contributed by atoms with van der Waals surface area (Å²) in [5.74, 6) is 1.27. The van der Waals surface area contributed by atoms with Crippen LogP contribution in [0.15, 0.2) is 42.5 Å². The van der Waals surface area contributed by atoms with Crippen molar-refractivity contribution >= 4 is 56.3 Å². The van der Waals surface area contributed by atoms with Crippen LogP contribution in [-0.2, 0) is 0 Å². The van der Waals surface area contributed by atoms with Crippen LogP contribution in [-0.4, -0.2) is 12.5 Å². The summed E-state index contributed by atoms with van der Waals surface area (Å²) in [6.07, 6.45) is 0. The third-order valence-corrected chi connectivity index (χ3v) is 3.78. The molecule has 3 rings (SSSR count). The molecule has 0 aliphatic carbocycles. The van der Waals surface area contributed by atoms with Gasteiger partial charge in [0.1, 0.15) is 12.4 Å². The first-order valence-electron chi connectivity index (χ1n) is 6.19. The second kappa shape index (κ2) is 5.69. The lowest BCUT2D eigenvalue weighted by Crippen LogP contribution is -1.99. The van der Waals surface area contributed by atoms with Gasteiger partial charge in [0.25, 0.3) is 0 Å². The van der Waals surface area contributed by atoms with Gasteiger partial charge in [0.05, 0.1) is 5.88 Å². The van der Waals surface area contributed by atoms with E-state index in [2.05, 4.69) is 6.07 Å². The molecule has 0 unspecified atom stereocenters. The topological polar surface area (TPSA) is 9.23 Å². The highest BCUT2D eigenvalue weighted by molar-refractivity contribution is 6.32. The van der Waals surface area contributed by atoms with Gasteiger partial charge in [-0.3, -0.25) is 0 Å². The number of hydrogen-bond acceptors (Lipinski definition) is 1. The Balaban J connectivity index is 2.36. The van der Waals surface area contributed by atoms with Crippen LogP contribution >= 0.6 is 34.8 Å². The number of benzene rings is 3. The second-order valence-corrected chi connectivity index (χ2v) is 5.72. The Morgan fingerprint density at radius 1 is 0.800 bits per heavy atom. The maximum atomic E-state index is 6.07. The Kier molecular flexibility index (Phi) is 3.93. The largest absolute Gasteiger partial charge is 0.491 e. The average Bonchev–Trinajstić information content (AvgIpc) is 2.43. The minimum atomic E-state index is 0.444. The Morgan fingerprint density at radius 2 is 1.35 bits per heavy atom. The van der Waals surface area contributed by atoms with E-state index in [1.807, 2.05) is 36.4 Å². The van der Waals surface area contributed by atoms with E-state index in [4.69, 9.17) is 39.5 Å². The van der Waals surface area contributed by atoms with Crippen LogP contribution < -0.4 is 4.74 Å². The van der Waals surface area contributed by atoms with E-state index in [9.17, 15) is 0 Å². The van der Waals surface area contributed by atoms with Gasteiger partial charge >= 0.3 is 0 Å². The van der Waals surface area contributed by atoms with Crippen molar-refractivity contribution in [2.24, 2.45) is 0 Å². The van der Waals surface area contributed by atoms with Crippen molar-refractivity contribution in [3.63, 3.8) is 0 Å². The highest BCUT2D eigenvalue weighted by Crippen LogP contribution is 2.37. The molecule has 4 heteroatoms. The molecule has 1 nitrogen and oxygen atoms in total. The normalized spacial score (nSPS) is 11.2. The summed E-state index contributed by atoms with van der Waals surface area (Å²) >= 11 is 17.9. The van der Waals surface area contributed by atoms with Gasteiger partial charge in [0, 0.05) is 20.8 Å².